The normalized spacial score (nSPS) is 27.4. The Morgan fingerprint density at radius 3 is 2.64 bits per heavy atom. The molecule has 0 amide bonds. The summed E-state index contributed by atoms with van der Waals surface area (Å²) in [7, 11) is 3.23. The smallest absolute Gasteiger partial charge is 0.160 e. The summed E-state index contributed by atoms with van der Waals surface area (Å²) >= 11 is 0. The molecule has 5 nitrogen and oxygen atoms in total. The summed E-state index contributed by atoms with van der Waals surface area (Å²) in [5.74, 6) is 2.10. The summed E-state index contributed by atoms with van der Waals surface area (Å²) in [6, 6.07) is 13.4. The number of phenolic OH excluding ortho intramolecular Hbond substituents is 1. The molecule has 1 saturated heterocycles. The molecular weight excluding hydrogens is 354 g/mol. The van der Waals surface area contributed by atoms with E-state index in [1.165, 1.54) is 0 Å². The summed E-state index contributed by atoms with van der Waals surface area (Å²) in [6.45, 7) is 2.61. The minimum atomic E-state index is -0.850. The second kappa shape index (κ2) is 7.64. The molecule has 1 heterocycles. The van der Waals surface area contributed by atoms with Crippen LogP contribution in [-0.2, 0) is 12.1 Å². The van der Waals surface area contributed by atoms with Crippen molar-refractivity contribution in [1.29, 1.82) is 0 Å². The summed E-state index contributed by atoms with van der Waals surface area (Å²) in [4.78, 5) is 2.41. The maximum Gasteiger partial charge on any atom is 0.160 e. The van der Waals surface area contributed by atoms with Crippen molar-refractivity contribution < 1.29 is 19.7 Å². The molecule has 1 aliphatic carbocycles. The number of fused-ring (bicyclic) bond motifs is 1. The van der Waals surface area contributed by atoms with Gasteiger partial charge >= 0.3 is 0 Å². The highest BCUT2D eigenvalue weighted by Crippen LogP contribution is 2.50. The van der Waals surface area contributed by atoms with Gasteiger partial charge in [-0.25, -0.2) is 0 Å². The van der Waals surface area contributed by atoms with E-state index in [1.54, 1.807) is 20.3 Å². The van der Waals surface area contributed by atoms with Crippen LogP contribution in [0.25, 0.3) is 0 Å². The Morgan fingerprint density at radius 1 is 1.07 bits per heavy atom. The highest BCUT2D eigenvalue weighted by molar-refractivity contribution is 5.42. The number of likely N-dealkylation sites (tertiary alicyclic amines) is 1. The third kappa shape index (κ3) is 3.33. The van der Waals surface area contributed by atoms with Crippen LogP contribution in [-0.4, -0.2) is 42.4 Å². The van der Waals surface area contributed by atoms with E-state index in [-0.39, 0.29) is 11.7 Å². The molecule has 0 aromatic heterocycles. The van der Waals surface area contributed by atoms with Crippen LogP contribution < -0.4 is 9.47 Å². The average molecular weight is 383 g/mol. The Balaban J connectivity index is 1.56. The number of ether oxygens (including phenoxy) is 2. The van der Waals surface area contributed by atoms with E-state index >= 15 is 0 Å². The number of para-hydroxylation sites is 1. The number of hydrogen-bond acceptors (Lipinski definition) is 5. The highest BCUT2D eigenvalue weighted by atomic mass is 16.5. The Morgan fingerprint density at radius 2 is 1.86 bits per heavy atom. The number of hydrogen-bond donors (Lipinski definition) is 2. The molecule has 4 rings (SSSR count). The van der Waals surface area contributed by atoms with E-state index in [2.05, 4.69) is 4.90 Å². The number of rotatable bonds is 5. The number of phenols is 1. The van der Waals surface area contributed by atoms with Gasteiger partial charge in [0.15, 0.2) is 11.5 Å². The maximum absolute atomic E-state index is 11.8. The van der Waals surface area contributed by atoms with Gasteiger partial charge in [-0.3, -0.25) is 4.90 Å². The molecule has 3 atom stereocenters. The zero-order valence-electron chi connectivity index (χ0n) is 16.6. The Labute approximate surface area is 166 Å². The Bertz CT molecular complexity index is 839. The van der Waals surface area contributed by atoms with Crippen LogP contribution in [0, 0.1) is 11.8 Å². The summed E-state index contributed by atoms with van der Waals surface area (Å²) in [5, 5.41) is 21.6. The Hall–Kier alpha value is -2.24. The van der Waals surface area contributed by atoms with Gasteiger partial charge in [0.05, 0.1) is 19.8 Å². The standard InChI is InChI=1S/C23H29NO4/c1-27-21-8-4-3-7-18(21)23(26)11-5-6-17-14-24(15-19(17)23)13-16-9-10-20(25)22(12-16)28-2/h3-4,7-10,12,17,19,25-26H,5-6,11,13-15H2,1-2H3/t17-,19+,23-/m0/s1. The quantitative estimate of drug-likeness (QED) is 0.827. The van der Waals surface area contributed by atoms with Gasteiger partial charge in [-0.1, -0.05) is 24.3 Å². The van der Waals surface area contributed by atoms with Gasteiger partial charge in [0, 0.05) is 31.1 Å². The van der Waals surface area contributed by atoms with E-state index in [1.807, 2.05) is 36.4 Å². The molecule has 2 aliphatic rings. The minimum absolute atomic E-state index is 0.159. The van der Waals surface area contributed by atoms with E-state index in [0.717, 1.165) is 55.8 Å². The fourth-order valence-corrected chi connectivity index (χ4v) is 5.16. The van der Waals surface area contributed by atoms with Gasteiger partial charge in [-0.15, -0.1) is 0 Å². The number of nitrogens with zero attached hydrogens (tertiary/aromatic N) is 1. The predicted molar refractivity (Wildman–Crippen MR) is 108 cm³/mol. The highest BCUT2D eigenvalue weighted by Gasteiger charge is 2.50. The van der Waals surface area contributed by atoms with E-state index < -0.39 is 5.60 Å². The fourth-order valence-electron chi connectivity index (χ4n) is 5.16. The minimum Gasteiger partial charge on any atom is -0.504 e. The van der Waals surface area contributed by atoms with E-state index in [9.17, 15) is 10.2 Å². The Kier molecular flexibility index (Phi) is 5.21. The number of aliphatic hydroxyl groups is 1. The summed E-state index contributed by atoms with van der Waals surface area (Å²) in [5.41, 5.74) is 1.17. The molecule has 2 aromatic carbocycles. The topological polar surface area (TPSA) is 62.2 Å². The zero-order chi connectivity index (χ0) is 19.7. The van der Waals surface area contributed by atoms with Crippen molar-refractivity contribution in [3.8, 4) is 17.2 Å². The first-order valence-electron chi connectivity index (χ1n) is 9.99. The lowest BCUT2D eigenvalue weighted by molar-refractivity contribution is -0.0662. The lowest BCUT2D eigenvalue weighted by Gasteiger charge is -2.42. The summed E-state index contributed by atoms with van der Waals surface area (Å²) < 4.78 is 10.8. The van der Waals surface area contributed by atoms with Crippen molar-refractivity contribution in [2.24, 2.45) is 11.8 Å². The van der Waals surface area contributed by atoms with Crippen molar-refractivity contribution in [2.75, 3.05) is 27.3 Å². The van der Waals surface area contributed by atoms with Gasteiger partial charge in [0.1, 0.15) is 5.75 Å². The second-order valence-electron chi connectivity index (χ2n) is 8.08. The predicted octanol–water partition coefficient (Wildman–Crippen LogP) is 3.53. The molecule has 150 valence electrons. The van der Waals surface area contributed by atoms with Gasteiger partial charge in [0.25, 0.3) is 0 Å². The average Bonchev–Trinajstić information content (AvgIpc) is 3.13. The molecule has 0 spiro atoms. The molecule has 5 heteroatoms. The molecule has 1 aliphatic heterocycles. The lowest BCUT2D eigenvalue weighted by Crippen LogP contribution is -2.43. The van der Waals surface area contributed by atoms with Crippen molar-refractivity contribution >= 4 is 0 Å². The number of aromatic hydroxyl groups is 1. The monoisotopic (exact) mass is 383 g/mol. The molecule has 2 fully saturated rings. The van der Waals surface area contributed by atoms with Crippen LogP contribution in [0.5, 0.6) is 17.2 Å². The molecule has 1 saturated carbocycles. The second-order valence-corrected chi connectivity index (χ2v) is 8.08. The number of benzene rings is 2. The zero-order valence-corrected chi connectivity index (χ0v) is 16.6. The first kappa shape index (κ1) is 19.1. The van der Waals surface area contributed by atoms with Crippen LogP contribution in [0.3, 0.4) is 0 Å². The van der Waals surface area contributed by atoms with Gasteiger partial charge in [-0.2, -0.15) is 0 Å². The maximum atomic E-state index is 11.8. The molecule has 2 aromatic rings. The van der Waals surface area contributed by atoms with Crippen molar-refractivity contribution in [3.63, 3.8) is 0 Å². The molecule has 0 radical (unpaired) electrons. The summed E-state index contributed by atoms with van der Waals surface area (Å²) in [6.07, 6.45) is 2.95. The van der Waals surface area contributed by atoms with Crippen LogP contribution in [0.4, 0.5) is 0 Å². The van der Waals surface area contributed by atoms with Crippen molar-refractivity contribution in [1.82, 2.24) is 4.90 Å². The van der Waals surface area contributed by atoms with Crippen molar-refractivity contribution in [2.45, 2.75) is 31.4 Å². The first-order valence-corrected chi connectivity index (χ1v) is 9.99. The van der Waals surface area contributed by atoms with Crippen LogP contribution >= 0.6 is 0 Å². The van der Waals surface area contributed by atoms with Gasteiger partial charge < -0.3 is 19.7 Å². The van der Waals surface area contributed by atoms with E-state index in [4.69, 9.17) is 9.47 Å². The third-order valence-corrected chi connectivity index (χ3v) is 6.49. The third-order valence-electron chi connectivity index (χ3n) is 6.49. The van der Waals surface area contributed by atoms with Gasteiger partial charge in [0.2, 0.25) is 0 Å². The number of methoxy groups -OCH3 is 2. The first-order chi connectivity index (χ1) is 13.5. The molecule has 0 bridgehead atoms. The molecule has 0 unspecified atom stereocenters. The fraction of sp³-hybridized carbons (Fsp3) is 0.478. The van der Waals surface area contributed by atoms with Gasteiger partial charge in [-0.05, 0) is 48.9 Å². The molecule has 28 heavy (non-hydrogen) atoms. The SMILES string of the molecule is COc1cc(CN2C[C@@H]3CCC[C@](O)(c4ccccc4OC)[C@@H]3C2)ccc1O. The van der Waals surface area contributed by atoms with Crippen LogP contribution in [0.2, 0.25) is 0 Å². The van der Waals surface area contributed by atoms with E-state index in [0.29, 0.717) is 11.7 Å². The molecular formula is C23H29NO4. The lowest BCUT2D eigenvalue weighted by atomic mass is 9.67. The van der Waals surface area contributed by atoms with Crippen LogP contribution in [0.15, 0.2) is 42.5 Å². The largest absolute Gasteiger partial charge is 0.504 e. The van der Waals surface area contributed by atoms with Crippen molar-refractivity contribution in [3.05, 3.63) is 53.6 Å². The van der Waals surface area contributed by atoms with Crippen LogP contribution in [0.1, 0.15) is 30.4 Å². The molecule has 2 N–H and O–H groups in total.